The molecule has 1 aromatic carbocycles. The van der Waals surface area contributed by atoms with Gasteiger partial charge in [-0.05, 0) is 49.0 Å². The summed E-state index contributed by atoms with van der Waals surface area (Å²) >= 11 is 0. The number of carbonyl (C=O) groups is 1. The zero-order valence-electron chi connectivity index (χ0n) is 24.4. The Kier molecular flexibility index (Phi) is 8.41. The molecule has 11 nitrogen and oxygen atoms in total. The van der Waals surface area contributed by atoms with Crippen molar-refractivity contribution in [2.75, 3.05) is 31.9 Å². The number of rotatable bonds is 8. The number of hydrogen-bond acceptors (Lipinski definition) is 8. The first-order valence-corrected chi connectivity index (χ1v) is 17.9. The lowest BCUT2D eigenvalue weighted by molar-refractivity contribution is -0.128. The first-order valence-electron chi connectivity index (χ1n) is 14.8. The van der Waals surface area contributed by atoms with Crippen LogP contribution in [-0.2, 0) is 25.1 Å². The first kappa shape index (κ1) is 31.5. The molecule has 0 amide bonds. The van der Waals surface area contributed by atoms with E-state index >= 15 is 0 Å². The van der Waals surface area contributed by atoms with Crippen molar-refractivity contribution >= 4 is 26.1 Å². The second kappa shape index (κ2) is 11.2. The van der Waals surface area contributed by atoms with Crippen molar-refractivity contribution in [1.82, 2.24) is 14.5 Å². The van der Waals surface area contributed by atoms with E-state index in [1.165, 1.54) is 16.3 Å². The standard InChI is InChI=1S/C19H27N5O2S.C10H16O4S/c20-9-8-19(13-24(14-19)27(21,25)26)23-10-6-16(7-11-23)22-18-12-17(18)15-4-2-1-3-5-15;1-9(2)7-3-4-10(9,8(11)5-7)6-15(12,13)14/h1-5,16-18,22H,6-8,10-14H2,(H2,21,25,26);7H,3-6H2,1-2H3,(H,12,13,14)/t17-,18+;/m0./s1. The zero-order valence-corrected chi connectivity index (χ0v) is 26.0. The molecule has 0 spiro atoms. The third-order valence-corrected chi connectivity index (χ3v) is 12.7. The molecule has 2 aliphatic heterocycles. The molecule has 5 fully saturated rings. The van der Waals surface area contributed by atoms with Crippen LogP contribution in [0, 0.1) is 28.1 Å². The van der Waals surface area contributed by atoms with Crippen molar-refractivity contribution in [2.24, 2.45) is 21.9 Å². The molecule has 0 radical (unpaired) electrons. The number of nitrogens with zero attached hydrogens (tertiary/aromatic N) is 3. The van der Waals surface area contributed by atoms with Crippen molar-refractivity contribution in [2.45, 2.75) is 82.3 Å². The fourth-order valence-corrected chi connectivity index (χ4v) is 10.2. The third kappa shape index (κ3) is 6.04. The van der Waals surface area contributed by atoms with E-state index in [1.54, 1.807) is 0 Å². The number of nitrogens with two attached hydrogens (primary N) is 1. The Morgan fingerprint density at radius 2 is 1.74 bits per heavy atom. The average molecular weight is 622 g/mol. The molecule has 1 aromatic rings. The van der Waals surface area contributed by atoms with Gasteiger partial charge in [-0.1, -0.05) is 44.2 Å². The van der Waals surface area contributed by atoms with Gasteiger partial charge in [-0.2, -0.15) is 26.4 Å². The van der Waals surface area contributed by atoms with Crippen LogP contribution in [0.15, 0.2) is 30.3 Å². The van der Waals surface area contributed by atoms with E-state index in [9.17, 15) is 26.9 Å². The lowest BCUT2D eigenvalue weighted by atomic mass is 9.70. The zero-order chi connectivity index (χ0) is 30.6. The summed E-state index contributed by atoms with van der Waals surface area (Å²) < 4.78 is 55.3. The first-order chi connectivity index (χ1) is 19.6. The normalized spacial score (nSPS) is 32.5. The molecule has 5 aliphatic rings. The molecule has 2 bridgehead atoms. The van der Waals surface area contributed by atoms with E-state index in [-0.39, 0.29) is 22.7 Å². The highest BCUT2D eigenvalue weighted by Gasteiger charge is 2.65. The fraction of sp³-hybridized carbons (Fsp3) is 0.724. The van der Waals surface area contributed by atoms with Gasteiger partial charge in [0, 0.05) is 50.6 Å². The van der Waals surface area contributed by atoms with Gasteiger partial charge in [0.25, 0.3) is 20.3 Å². The second-order valence-electron chi connectivity index (χ2n) is 13.6. The molecule has 2 saturated heterocycles. The van der Waals surface area contributed by atoms with E-state index in [2.05, 4.69) is 46.6 Å². The van der Waals surface area contributed by atoms with Gasteiger partial charge in [-0.15, -0.1) is 0 Å². The number of benzene rings is 1. The van der Waals surface area contributed by atoms with Crippen molar-refractivity contribution in [3.8, 4) is 6.07 Å². The number of fused-ring (bicyclic) bond motifs is 2. The summed E-state index contributed by atoms with van der Waals surface area (Å²) in [7, 11) is -7.74. The number of ketones is 1. The number of likely N-dealkylation sites (tertiary alicyclic amines) is 1. The second-order valence-corrected chi connectivity index (χ2v) is 16.6. The van der Waals surface area contributed by atoms with Crippen LogP contribution >= 0.6 is 0 Å². The average Bonchev–Trinajstić information content (AvgIpc) is 3.57. The molecule has 2 heterocycles. The van der Waals surface area contributed by atoms with Gasteiger partial charge in [0.2, 0.25) is 0 Å². The van der Waals surface area contributed by atoms with E-state index in [0.717, 1.165) is 32.4 Å². The molecule has 4 atom stereocenters. The topological polar surface area (TPSA) is 174 Å². The minimum atomic E-state index is -4.08. The van der Waals surface area contributed by atoms with Gasteiger partial charge in [-0.25, -0.2) is 5.14 Å². The molecule has 2 unspecified atom stereocenters. The predicted molar refractivity (Wildman–Crippen MR) is 158 cm³/mol. The van der Waals surface area contributed by atoms with Crippen LogP contribution in [-0.4, -0.2) is 85.9 Å². The molecule has 13 heteroatoms. The van der Waals surface area contributed by atoms with Crippen molar-refractivity contribution < 1.29 is 26.2 Å². The van der Waals surface area contributed by atoms with Gasteiger partial charge < -0.3 is 5.32 Å². The largest absolute Gasteiger partial charge is 0.311 e. The van der Waals surface area contributed by atoms with Crippen LogP contribution < -0.4 is 10.5 Å². The summed E-state index contributed by atoms with van der Waals surface area (Å²) in [5.41, 5.74) is -0.0679. The number of piperidine rings is 1. The van der Waals surface area contributed by atoms with E-state index in [1.807, 2.05) is 13.8 Å². The van der Waals surface area contributed by atoms with Crippen molar-refractivity contribution in [3.63, 3.8) is 0 Å². The SMILES string of the molecule is CC1(C)C2CCC1(CS(=O)(=O)O)C(=O)C2.N#CCC1(N2CCC(N[C@@H]3C[C@H]3c3ccccc3)CC2)CN(S(N)(=O)=O)C1. The van der Waals surface area contributed by atoms with Gasteiger partial charge in [-0.3, -0.25) is 14.2 Å². The maximum Gasteiger partial charge on any atom is 0.277 e. The highest BCUT2D eigenvalue weighted by Crippen LogP contribution is 2.64. The van der Waals surface area contributed by atoms with Gasteiger partial charge in [0.1, 0.15) is 5.78 Å². The minimum Gasteiger partial charge on any atom is -0.311 e. The van der Waals surface area contributed by atoms with Crippen LogP contribution in [0.1, 0.15) is 70.3 Å². The number of nitrogens with one attached hydrogen (secondary N) is 1. The molecular formula is C29H43N5O6S2. The molecule has 4 N–H and O–H groups in total. The molecule has 0 aromatic heterocycles. The lowest BCUT2D eigenvalue weighted by Crippen LogP contribution is -2.73. The Bertz CT molecular complexity index is 1430. The number of carbonyl (C=O) groups excluding carboxylic acids is 1. The predicted octanol–water partition coefficient (Wildman–Crippen LogP) is 2.04. The van der Waals surface area contributed by atoms with Crippen LogP contribution in [0.5, 0.6) is 0 Å². The highest BCUT2D eigenvalue weighted by molar-refractivity contribution is 7.86. The number of hydrogen-bond donors (Lipinski definition) is 3. The molecule has 3 aliphatic carbocycles. The summed E-state index contributed by atoms with van der Waals surface area (Å²) in [4.78, 5) is 14.2. The minimum absolute atomic E-state index is 0.0152. The van der Waals surface area contributed by atoms with Crippen molar-refractivity contribution in [3.05, 3.63) is 35.9 Å². The Hall–Kier alpha value is -1.92. The Balaban J connectivity index is 0.000000199. The Morgan fingerprint density at radius 1 is 1.10 bits per heavy atom. The van der Waals surface area contributed by atoms with Crippen LogP contribution in [0.3, 0.4) is 0 Å². The molecule has 3 saturated carbocycles. The summed E-state index contributed by atoms with van der Waals surface area (Å²) in [5.74, 6) is 0.528. The number of Topliss-reactive ketones (excluding diaryl/α,β-unsaturated/α-hetero) is 1. The summed E-state index contributed by atoms with van der Waals surface area (Å²) in [6.07, 6.45) is 5.57. The summed E-state index contributed by atoms with van der Waals surface area (Å²) in [5, 5.41) is 18.2. The monoisotopic (exact) mass is 621 g/mol. The Morgan fingerprint density at radius 3 is 2.24 bits per heavy atom. The van der Waals surface area contributed by atoms with Crippen LogP contribution in [0.4, 0.5) is 0 Å². The molecule has 232 valence electrons. The van der Waals surface area contributed by atoms with Gasteiger partial charge in [0.05, 0.1) is 29.2 Å². The van der Waals surface area contributed by atoms with E-state index < -0.39 is 31.5 Å². The molecule has 42 heavy (non-hydrogen) atoms. The van der Waals surface area contributed by atoms with E-state index in [0.29, 0.717) is 50.4 Å². The quantitative estimate of drug-likeness (QED) is 0.367. The maximum atomic E-state index is 11.9. The van der Waals surface area contributed by atoms with Gasteiger partial charge in [0.15, 0.2) is 0 Å². The van der Waals surface area contributed by atoms with Gasteiger partial charge >= 0.3 is 0 Å². The summed E-state index contributed by atoms with van der Waals surface area (Å²) in [6, 6.07) is 14.0. The third-order valence-electron chi connectivity index (χ3n) is 10.9. The summed E-state index contributed by atoms with van der Waals surface area (Å²) in [6.45, 7) is 6.33. The highest BCUT2D eigenvalue weighted by atomic mass is 32.2. The molecular weight excluding hydrogens is 578 g/mol. The fourth-order valence-electron chi connectivity index (χ4n) is 8.05. The Labute approximate surface area is 249 Å². The lowest BCUT2D eigenvalue weighted by Gasteiger charge is -2.55. The molecule has 6 rings (SSSR count). The van der Waals surface area contributed by atoms with Crippen LogP contribution in [0.25, 0.3) is 0 Å². The smallest absolute Gasteiger partial charge is 0.277 e. The van der Waals surface area contributed by atoms with Crippen molar-refractivity contribution in [1.29, 1.82) is 5.26 Å². The van der Waals surface area contributed by atoms with E-state index in [4.69, 9.17) is 9.69 Å². The maximum absolute atomic E-state index is 11.9. The van der Waals surface area contributed by atoms with Crippen LogP contribution in [0.2, 0.25) is 0 Å². The number of nitriles is 1.